The zero-order valence-corrected chi connectivity index (χ0v) is 17.6. The molecule has 1 aromatic heterocycles. The number of nitrogens with zero attached hydrogens (tertiary/aromatic N) is 1. The molecule has 2 heterocycles. The fourth-order valence-corrected chi connectivity index (χ4v) is 4.31. The monoisotopic (exact) mass is 419 g/mol. The highest BCUT2D eigenvalue weighted by Gasteiger charge is 2.41. The molecule has 0 unspecified atom stereocenters. The van der Waals surface area contributed by atoms with E-state index in [4.69, 9.17) is 9.15 Å². The second-order valence-electron chi connectivity index (χ2n) is 6.78. The van der Waals surface area contributed by atoms with E-state index in [2.05, 4.69) is 0 Å². The molecule has 5 nitrogen and oxygen atoms in total. The van der Waals surface area contributed by atoms with Crippen LogP contribution in [-0.2, 0) is 15.3 Å². The van der Waals surface area contributed by atoms with Crippen LogP contribution in [0.4, 0.5) is 5.69 Å². The Hall–Kier alpha value is -3.25. The van der Waals surface area contributed by atoms with Gasteiger partial charge in [-0.25, -0.2) is 4.90 Å². The van der Waals surface area contributed by atoms with Gasteiger partial charge in [-0.05, 0) is 43.7 Å². The van der Waals surface area contributed by atoms with E-state index in [9.17, 15) is 9.59 Å². The van der Waals surface area contributed by atoms with Crippen molar-refractivity contribution >= 4 is 34.8 Å². The summed E-state index contributed by atoms with van der Waals surface area (Å²) in [6, 6.07) is 18.4. The summed E-state index contributed by atoms with van der Waals surface area (Å²) in [4.78, 5) is 28.5. The molecule has 0 N–H and O–H groups in total. The fraction of sp³-hybridized carbons (Fsp3) is 0.167. The quantitative estimate of drug-likeness (QED) is 0.492. The molecule has 4 rings (SSSR count). The van der Waals surface area contributed by atoms with Crippen molar-refractivity contribution in [2.75, 3.05) is 11.5 Å². The summed E-state index contributed by atoms with van der Waals surface area (Å²) in [5, 5.41) is 0. The standard InChI is InChI=1S/C24H21NO4S/c1-3-28-20-9-5-4-8-19(20)25-23(26)21(17-12-10-16(2)11-13-17)22(24(25)27)30-15-18-7-6-14-29-18/h4-14H,3,15H2,1-2H3. The molecule has 0 aliphatic carbocycles. The van der Waals surface area contributed by atoms with Crippen LogP contribution < -0.4 is 9.64 Å². The largest absolute Gasteiger partial charge is 0.492 e. The number of para-hydroxylation sites is 2. The zero-order valence-electron chi connectivity index (χ0n) is 16.8. The van der Waals surface area contributed by atoms with Crippen LogP contribution in [0.5, 0.6) is 5.75 Å². The first-order valence-electron chi connectivity index (χ1n) is 9.67. The summed E-state index contributed by atoms with van der Waals surface area (Å²) < 4.78 is 11.1. The van der Waals surface area contributed by atoms with E-state index in [1.165, 1.54) is 16.7 Å². The van der Waals surface area contributed by atoms with Gasteiger partial charge in [0.25, 0.3) is 11.8 Å². The zero-order chi connectivity index (χ0) is 21.1. The van der Waals surface area contributed by atoms with Gasteiger partial charge < -0.3 is 9.15 Å². The van der Waals surface area contributed by atoms with Crippen LogP contribution in [0.15, 0.2) is 76.2 Å². The van der Waals surface area contributed by atoms with Crippen molar-refractivity contribution < 1.29 is 18.7 Å². The van der Waals surface area contributed by atoms with Gasteiger partial charge in [-0.2, -0.15) is 0 Å². The lowest BCUT2D eigenvalue weighted by Gasteiger charge is -2.18. The van der Waals surface area contributed by atoms with Gasteiger partial charge in [0.1, 0.15) is 11.5 Å². The van der Waals surface area contributed by atoms with Crippen LogP contribution >= 0.6 is 11.8 Å². The molecule has 0 atom stereocenters. The molecule has 6 heteroatoms. The van der Waals surface area contributed by atoms with Gasteiger partial charge in [0, 0.05) is 0 Å². The van der Waals surface area contributed by atoms with E-state index in [1.54, 1.807) is 30.5 Å². The first-order chi connectivity index (χ1) is 14.6. The minimum absolute atomic E-state index is 0.348. The highest BCUT2D eigenvalue weighted by molar-refractivity contribution is 8.03. The summed E-state index contributed by atoms with van der Waals surface area (Å²) in [5.41, 5.74) is 2.66. The van der Waals surface area contributed by atoms with Crippen molar-refractivity contribution in [1.29, 1.82) is 0 Å². The number of carbonyl (C=O) groups is 2. The molecular weight excluding hydrogens is 398 g/mol. The lowest BCUT2D eigenvalue weighted by Crippen LogP contribution is -2.31. The SMILES string of the molecule is CCOc1ccccc1N1C(=O)C(SCc2ccco2)=C(c2ccc(C)cc2)C1=O. The van der Waals surface area contributed by atoms with Gasteiger partial charge >= 0.3 is 0 Å². The number of thioether (sulfide) groups is 1. The van der Waals surface area contributed by atoms with Gasteiger partial charge in [-0.15, -0.1) is 11.8 Å². The summed E-state index contributed by atoms with van der Waals surface area (Å²) in [5.74, 6) is 1.00. The molecule has 0 fully saturated rings. The Morgan fingerprint density at radius 3 is 2.43 bits per heavy atom. The predicted octanol–water partition coefficient (Wildman–Crippen LogP) is 5.20. The van der Waals surface area contributed by atoms with Crippen LogP contribution in [0.2, 0.25) is 0 Å². The second-order valence-corrected chi connectivity index (χ2v) is 7.77. The maximum atomic E-state index is 13.5. The van der Waals surface area contributed by atoms with Crippen LogP contribution in [-0.4, -0.2) is 18.4 Å². The highest BCUT2D eigenvalue weighted by atomic mass is 32.2. The number of amides is 2. The fourth-order valence-electron chi connectivity index (χ4n) is 3.29. The summed E-state index contributed by atoms with van der Waals surface area (Å²) in [6.45, 7) is 4.29. The first-order valence-corrected chi connectivity index (χ1v) is 10.7. The van der Waals surface area contributed by atoms with E-state index in [1.807, 2.05) is 50.2 Å². The van der Waals surface area contributed by atoms with Crippen LogP contribution in [0, 0.1) is 6.92 Å². The molecule has 1 aliphatic heterocycles. The lowest BCUT2D eigenvalue weighted by atomic mass is 10.0. The summed E-state index contributed by atoms with van der Waals surface area (Å²) >= 11 is 1.31. The van der Waals surface area contributed by atoms with Crippen molar-refractivity contribution in [3.05, 3.63) is 88.7 Å². The molecule has 1 aliphatic rings. The lowest BCUT2D eigenvalue weighted by molar-refractivity contribution is -0.119. The number of ether oxygens (including phenoxy) is 1. The number of aryl methyl sites for hydroxylation is 1. The van der Waals surface area contributed by atoms with E-state index in [0.29, 0.717) is 34.3 Å². The molecule has 3 aromatic rings. The molecule has 0 saturated carbocycles. The molecule has 152 valence electrons. The maximum Gasteiger partial charge on any atom is 0.272 e. The molecule has 30 heavy (non-hydrogen) atoms. The van der Waals surface area contributed by atoms with E-state index in [0.717, 1.165) is 16.9 Å². The van der Waals surface area contributed by atoms with Gasteiger partial charge in [0.2, 0.25) is 0 Å². The topological polar surface area (TPSA) is 59.8 Å². The number of rotatable bonds is 7. The number of imide groups is 1. The van der Waals surface area contributed by atoms with E-state index in [-0.39, 0.29) is 11.8 Å². The number of furan rings is 1. The Bertz CT molecular complexity index is 1100. The van der Waals surface area contributed by atoms with Crippen LogP contribution in [0.1, 0.15) is 23.8 Å². The number of benzene rings is 2. The smallest absolute Gasteiger partial charge is 0.272 e. The molecule has 2 amide bonds. The maximum absolute atomic E-state index is 13.5. The number of anilines is 1. The average Bonchev–Trinajstić information content (AvgIpc) is 3.34. The van der Waals surface area contributed by atoms with Crippen LogP contribution in [0.25, 0.3) is 5.57 Å². The minimum Gasteiger partial charge on any atom is -0.492 e. The Morgan fingerprint density at radius 2 is 1.73 bits per heavy atom. The van der Waals surface area contributed by atoms with E-state index >= 15 is 0 Å². The molecule has 0 saturated heterocycles. The Kier molecular flexibility index (Phi) is 5.77. The minimum atomic E-state index is -0.349. The van der Waals surface area contributed by atoms with Crippen molar-refractivity contribution in [2.45, 2.75) is 19.6 Å². The van der Waals surface area contributed by atoms with Gasteiger partial charge in [0.05, 0.1) is 34.8 Å². The molecule has 0 radical (unpaired) electrons. The summed E-state index contributed by atoms with van der Waals surface area (Å²) in [7, 11) is 0. The van der Waals surface area contributed by atoms with Crippen molar-refractivity contribution in [3.8, 4) is 5.75 Å². The number of hydrogen-bond donors (Lipinski definition) is 0. The third-order valence-corrected chi connectivity index (χ3v) is 5.82. The normalized spacial score (nSPS) is 14.0. The Balaban J connectivity index is 1.76. The van der Waals surface area contributed by atoms with Crippen molar-refractivity contribution in [1.82, 2.24) is 0 Å². The molecule has 0 bridgehead atoms. The van der Waals surface area contributed by atoms with E-state index < -0.39 is 0 Å². The third-order valence-electron chi connectivity index (χ3n) is 4.73. The van der Waals surface area contributed by atoms with Crippen molar-refractivity contribution in [3.63, 3.8) is 0 Å². The number of carbonyl (C=O) groups excluding carboxylic acids is 2. The second kappa shape index (κ2) is 8.63. The summed E-state index contributed by atoms with van der Waals surface area (Å²) in [6.07, 6.45) is 1.59. The average molecular weight is 420 g/mol. The Labute approximate surface area is 179 Å². The Morgan fingerprint density at radius 1 is 0.967 bits per heavy atom. The highest BCUT2D eigenvalue weighted by Crippen LogP contribution is 2.42. The number of hydrogen-bond acceptors (Lipinski definition) is 5. The third kappa shape index (κ3) is 3.78. The first kappa shape index (κ1) is 20.0. The van der Waals surface area contributed by atoms with Gasteiger partial charge in [-0.1, -0.05) is 42.0 Å². The molecule has 0 spiro atoms. The van der Waals surface area contributed by atoms with Crippen LogP contribution in [0.3, 0.4) is 0 Å². The molecular formula is C24H21NO4S. The predicted molar refractivity (Wildman–Crippen MR) is 118 cm³/mol. The van der Waals surface area contributed by atoms with Gasteiger partial charge in [0.15, 0.2) is 0 Å². The van der Waals surface area contributed by atoms with Crippen molar-refractivity contribution in [2.24, 2.45) is 0 Å². The van der Waals surface area contributed by atoms with Gasteiger partial charge in [-0.3, -0.25) is 9.59 Å². The molecule has 2 aromatic carbocycles.